The largest absolute Gasteiger partial charge is 0.465 e. The summed E-state index contributed by atoms with van der Waals surface area (Å²) in [6.07, 6.45) is 6.60. The van der Waals surface area contributed by atoms with E-state index >= 15 is 0 Å². The van der Waals surface area contributed by atoms with Crippen molar-refractivity contribution in [3.8, 4) is 11.3 Å². The van der Waals surface area contributed by atoms with Gasteiger partial charge in [0.2, 0.25) is 0 Å². The number of nitrogens with zero attached hydrogens (tertiary/aromatic N) is 4. The highest BCUT2D eigenvalue weighted by atomic mass is 32.2. The molecule has 0 spiro atoms. The molecule has 1 amide bonds. The summed E-state index contributed by atoms with van der Waals surface area (Å²) >= 11 is 1.52. The molecule has 1 aromatic carbocycles. The lowest BCUT2D eigenvalue weighted by Crippen LogP contribution is -2.37. The molecule has 3 aromatic rings. The molecule has 2 aromatic heterocycles. The van der Waals surface area contributed by atoms with Gasteiger partial charge in [0.1, 0.15) is 5.69 Å². The van der Waals surface area contributed by atoms with Crippen molar-refractivity contribution in [2.75, 3.05) is 6.26 Å². The summed E-state index contributed by atoms with van der Waals surface area (Å²) in [6.45, 7) is 0.786. The minimum absolute atomic E-state index is 0.0633. The minimum atomic E-state index is -0.935. The second kappa shape index (κ2) is 8.18. The Morgan fingerprint density at radius 2 is 2.00 bits per heavy atom. The monoisotopic (exact) mass is 397 g/mol. The molecular weight excluding hydrogens is 374 g/mol. The Morgan fingerprint density at radius 3 is 2.68 bits per heavy atom. The van der Waals surface area contributed by atoms with Crippen LogP contribution in [0.15, 0.2) is 41.7 Å². The van der Waals surface area contributed by atoms with Gasteiger partial charge in [-0.25, -0.2) is 19.4 Å². The molecule has 2 heterocycles. The van der Waals surface area contributed by atoms with Gasteiger partial charge in [-0.05, 0) is 37.9 Å². The number of carboxylic acid groups (broad SMARTS) is 1. The molecule has 2 N–H and O–H groups in total. The third-order valence-corrected chi connectivity index (χ3v) is 5.86. The Labute approximate surface area is 167 Å². The van der Waals surface area contributed by atoms with Gasteiger partial charge < -0.3 is 10.4 Å². The molecule has 0 unspecified atom stereocenters. The highest BCUT2D eigenvalue weighted by Crippen LogP contribution is 2.30. The third-order valence-electron chi connectivity index (χ3n) is 5.30. The third kappa shape index (κ3) is 3.96. The number of carbonyl (C=O) groups is 1. The highest BCUT2D eigenvalue weighted by molar-refractivity contribution is 7.98. The molecule has 1 aliphatic rings. The van der Waals surface area contributed by atoms with Gasteiger partial charge in [-0.2, -0.15) is 5.10 Å². The molecule has 7 nitrogen and oxygen atoms in total. The Balaban J connectivity index is 1.61. The number of thioether (sulfide) groups is 1. The first kappa shape index (κ1) is 18.7. The molecule has 0 bridgehead atoms. The predicted octanol–water partition coefficient (Wildman–Crippen LogP) is 4.04. The Kier molecular flexibility index (Phi) is 5.47. The molecule has 0 radical (unpaired) electrons. The number of amides is 1. The van der Waals surface area contributed by atoms with E-state index in [2.05, 4.69) is 22.4 Å². The molecule has 8 heteroatoms. The number of hydrogen-bond donors (Lipinski definition) is 2. The number of nitrogens with one attached hydrogen (secondary N) is 1. The van der Waals surface area contributed by atoms with E-state index in [9.17, 15) is 4.79 Å². The van der Waals surface area contributed by atoms with Crippen molar-refractivity contribution in [1.82, 2.24) is 25.1 Å². The fourth-order valence-electron chi connectivity index (χ4n) is 3.89. The van der Waals surface area contributed by atoms with Crippen LogP contribution in [0.25, 0.3) is 22.3 Å². The molecule has 146 valence electrons. The van der Waals surface area contributed by atoms with Crippen molar-refractivity contribution in [2.24, 2.45) is 5.92 Å². The lowest BCUT2D eigenvalue weighted by atomic mass is 9.86. The molecule has 1 saturated carbocycles. The van der Waals surface area contributed by atoms with Gasteiger partial charge in [0, 0.05) is 24.3 Å². The standard InChI is InChI=1S/C20H23N5O2S/c1-28-19-21-11-16-17(14-5-3-2-4-6-14)24-25(18(16)23-19)12-13-7-9-15(10-8-13)22-20(26)27/h2-6,11,13,15,22H,7-10,12H2,1H3,(H,26,27). The maximum Gasteiger partial charge on any atom is 0.404 e. The zero-order valence-corrected chi connectivity index (χ0v) is 16.5. The van der Waals surface area contributed by atoms with Crippen LogP contribution in [0.2, 0.25) is 0 Å². The van der Waals surface area contributed by atoms with Crippen LogP contribution >= 0.6 is 11.8 Å². The van der Waals surface area contributed by atoms with Gasteiger partial charge >= 0.3 is 6.09 Å². The van der Waals surface area contributed by atoms with E-state index in [0.717, 1.165) is 59.7 Å². The molecule has 0 atom stereocenters. The van der Waals surface area contributed by atoms with E-state index in [0.29, 0.717) is 5.92 Å². The molecule has 0 saturated heterocycles. The molecular formula is C20H23N5O2S. The SMILES string of the molecule is CSc1ncc2c(-c3ccccc3)nn(CC3CCC(NC(=O)O)CC3)c2n1. The molecule has 1 fully saturated rings. The van der Waals surface area contributed by atoms with Crippen LogP contribution in [0.3, 0.4) is 0 Å². The van der Waals surface area contributed by atoms with E-state index in [-0.39, 0.29) is 6.04 Å². The summed E-state index contributed by atoms with van der Waals surface area (Å²) in [5.74, 6) is 0.464. The van der Waals surface area contributed by atoms with E-state index in [1.807, 2.05) is 35.3 Å². The zero-order chi connectivity index (χ0) is 19.5. The normalized spacial score (nSPS) is 19.6. The number of aromatic nitrogens is 4. The number of rotatable bonds is 5. The fourth-order valence-corrected chi connectivity index (χ4v) is 4.22. The molecule has 1 aliphatic carbocycles. The first-order valence-electron chi connectivity index (χ1n) is 9.46. The Hall–Kier alpha value is -2.61. The predicted molar refractivity (Wildman–Crippen MR) is 109 cm³/mol. The van der Waals surface area contributed by atoms with E-state index in [1.165, 1.54) is 11.8 Å². The molecule has 0 aliphatic heterocycles. The lowest BCUT2D eigenvalue weighted by molar-refractivity contribution is 0.180. The van der Waals surface area contributed by atoms with Crippen LogP contribution in [-0.2, 0) is 6.54 Å². The second-order valence-electron chi connectivity index (χ2n) is 7.16. The first-order valence-corrected chi connectivity index (χ1v) is 10.7. The maximum absolute atomic E-state index is 10.8. The van der Waals surface area contributed by atoms with Crippen molar-refractivity contribution < 1.29 is 9.90 Å². The number of benzene rings is 1. The van der Waals surface area contributed by atoms with Crippen LogP contribution in [0, 0.1) is 5.92 Å². The number of fused-ring (bicyclic) bond motifs is 1. The van der Waals surface area contributed by atoms with Crippen LogP contribution in [0.4, 0.5) is 4.79 Å². The second-order valence-corrected chi connectivity index (χ2v) is 7.93. The van der Waals surface area contributed by atoms with Crippen molar-refractivity contribution in [3.63, 3.8) is 0 Å². The van der Waals surface area contributed by atoms with Gasteiger partial charge in [0.25, 0.3) is 0 Å². The summed E-state index contributed by atoms with van der Waals surface area (Å²) < 4.78 is 2.01. The average molecular weight is 398 g/mol. The first-order chi connectivity index (χ1) is 13.6. The molecule has 28 heavy (non-hydrogen) atoms. The summed E-state index contributed by atoms with van der Waals surface area (Å²) in [7, 11) is 0. The zero-order valence-electron chi connectivity index (χ0n) is 15.7. The van der Waals surface area contributed by atoms with Gasteiger partial charge in [0.15, 0.2) is 10.8 Å². The van der Waals surface area contributed by atoms with Crippen LogP contribution < -0.4 is 5.32 Å². The summed E-state index contributed by atoms with van der Waals surface area (Å²) in [4.78, 5) is 20.0. The van der Waals surface area contributed by atoms with E-state index in [4.69, 9.17) is 15.2 Å². The van der Waals surface area contributed by atoms with Crippen molar-refractivity contribution in [1.29, 1.82) is 0 Å². The van der Waals surface area contributed by atoms with Crippen molar-refractivity contribution in [2.45, 2.75) is 43.4 Å². The Morgan fingerprint density at radius 1 is 1.25 bits per heavy atom. The fraction of sp³-hybridized carbons (Fsp3) is 0.400. The lowest BCUT2D eigenvalue weighted by Gasteiger charge is -2.28. The summed E-state index contributed by atoms with van der Waals surface area (Å²) in [6, 6.07) is 10.2. The maximum atomic E-state index is 10.8. The van der Waals surface area contributed by atoms with Gasteiger partial charge in [-0.3, -0.25) is 0 Å². The molecule has 4 rings (SSSR count). The van der Waals surface area contributed by atoms with E-state index < -0.39 is 6.09 Å². The van der Waals surface area contributed by atoms with Gasteiger partial charge in [-0.1, -0.05) is 42.1 Å². The van der Waals surface area contributed by atoms with Gasteiger partial charge in [-0.15, -0.1) is 0 Å². The smallest absolute Gasteiger partial charge is 0.404 e. The van der Waals surface area contributed by atoms with Crippen LogP contribution in [0.5, 0.6) is 0 Å². The van der Waals surface area contributed by atoms with E-state index in [1.54, 1.807) is 0 Å². The highest BCUT2D eigenvalue weighted by Gasteiger charge is 2.24. The summed E-state index contributed by atoms with van der Waals surface area (Å²) in [5.41, 5.74) is 2.83. The topological polar surface area (TPSA) is 92.9 Å². The minimum Gasteiger partial charge on any atom is -0.465 e. The van der Waals surface area contributed by atoms with Gasteiger partial charge in [0.05, 0.1) is 5.39 Å². The van der Waals surface area contributed by atoms with Crippen molar-refractivity contribution >= 4 is 28.9 Å². The van der Waals surface area contributed by atoms with Crippen LogP contribution in [-0.4, -0.2) is 43.2 Å². The van der Waals surface area contributed by atoms with Crippen molar-refractivity contribution in [3.05, 3.63) is 36.5 Å². The average Bonchev–Trinajstić information content (AvgIpc) is 3.07. The van der Waals surface area contributed by atoms with Crippen LogP contribution in [0.1, 0.15) is 25.7 Å². The number of hydrogen-bond acceptors (Lipinski definition) is 5. The quantitative estimate of drug-likeness (QED) is 0.498. The summed E-state index contributed by atoms with van der Waals surface area (Å²) in [5, 5.41) is 18.1. The Bertz CT molecular complexity index is 967.